The lowest BCUT2D eigenvalue weighted by Crippen LogP contribution is -2.31. The summed E-state index contributed by atoms with van der Waals surface area (Å²) in [5.41, 5.74) is 0.410. The number of fused-ring (bicyclic) bond motifs is 1. The van der Waals surface area contributed by atoms with E-state index >= 15 is 0 Å². The van der Waals surface area contributed by atoms with Gasteiger partial charge in [-0.2, -0.15) is 0 Å². The molecule has 8 heteroatoms. The monoisotopic (exact) mass is 351 g/mol. The Morgan fingerprint density at radius 1 is 1.17 bits per heavy atom. The van der Waals surface area contributed by atoms with Crippen LogP contribution in [0.25, 0.3) is 10.2 Å². The summed E-state index contributed by atoms with van der Waals surface area (Å²) in [5, 5.41) is 2.92. The average molecular weight is 351 g/mol. The zero-order valence-electron chi connectivity index (χ0n) is 12.5. The third-order valence-electron chi connectivity index (χ3n) is 3.33. The number of anilines is 1. The molecule has 0 bridgehead atoms. The van der Waals surface area contributed by atoms with Crippen LogP contribution in [0.2, 0.25) is 0 Å². The smallest absolute Gasteiger partial charge is 0.321 e. The number of aromatic nitrogens is 1. The number of urea groups is 1. The van der Waals surface area contributed by atoms with Crippen LogP contribution < -0.4 is 5.32 Å². The van der Waals surface area contributed by atoms with Gasteiger partial charge >= 0.3 is 6.03 Å². The van der Waals surface area contributed by atoms with Crippen molar-refractivity contribution in [1.29, 1.82) is 0 Å². The number of thiazole rings is 1. The molecule has 0 aliphatic rings. The number of halogens is 3. The van der Waals surface area contributed by atoms with E-state index in [0.29, 0.717) is 5.01 Å². The molecule has 3 rings (SSSR count). The van der Waals surface area contributed by atoms with Gasteiger partial charge in [-0.25, -0.2) is 22.9 Å². The van der Waals surface area contributed by atoms with E-state index in [2.05, 4.69) is 10.3 Å². The fourth-order valence-corrected chi connectivity index (χ4v) is 3.12. The van der Waals surface area contributed by atoms with Crippen LogP contribution in [0, 0.1) is 17.5 Å². The second kappa shape index (κ2) is 6.48. The molecule has 124 valence electrons. The lowest BCUT2D eigenvalue weighted by molar-refractivity contribution is 0.220. The predicted octanol–water partition coefficient (Wildman–Crippen LogP) is 4.38. The van der Waals surface area contributed by atoms with Gasteiger partial charge in [0.15, 0.2) is 17.5 Å². The molecular weight excluding hydrogens is 339 g/mol. The first-order valence-corrected chi connectivity index (χ1v) is 7.77. The Hall–Kier alpha value is -2.61. The quantitative estimate of drug-likeness (QED) is 0.712. The molecule has 0 aliphatic carbocycles. The van der Waals surface area contributed by atoms with Crippen LogP contribution >= 0.6 is 11.3 Å². The summed E-state index contributed by atoms with van der Waals surface area (Å²) in [4.78, 5) is 17.8. The van der Waals surface area contributed by atoms with E-state index < -0.39 is 29.2 Å². The van der Waals surface area contributed by atoms with Crippen LogP contribution in [0.3, 0.4) is 0 Å². The zero-order valence-corrected chi connectivity index (χ0v) is 13.3. The molecule has 1 heterocycles. The van der Waals surface area contributed by atoms with Gasteiger partial charge in [-0.3, -0.25) is 0 Å². The van der Waals surface area contributed by atoms with Crippen LogP contribution in [-0.4, -0.2) is 23.0 Å². The van der Waals surface area contributed by atoms with Crippen molar-refractivity contribution in [2.75, 3.05) is 12.4 Å². The minimum Gasteiger partial charge on any atom is -0.321 e. The van der Waals surface area contributed by atoms with Gasteiger partial charge in [0.2, 0.25) is 0 Å². The summed E-state index contributed by atoms with van der Waals surface area (Å²) in [5.74, 6) is -4.37. The number of para-hydroxylation sites is 1. The molecule has 1 N–H and O–H groups in total. The molecule has 0 spiro atoms. The molecule has 24 heavy (non-hydrogen) atoms. The van der Waals surface area contributed by atoms with Crippen molar-refractivity contribution in [3.8, 4) is 0 Å². The predicted molar refractivity (Wildman–Crippen MR) is 86.4 cm³/mol. The van der Waals surface area contributed by atoms with Gasteiger partial charge in [0.25, 0.3) is 0 Å². The third kappa shape index (κ3) is 3.18. The van der Waals surface area contributed by atoms with Crippen molar-refractivity contribution >= 4 is 33.3 Å². The normalized spacial score (nSPS) is 10.8. The molecule has 4 nitrogen and oxygen atoms in total. The van der Waals surface area contributed by atoms with Crippen molar-refractivity contribution in [1.82, 2.24) is 9.88 Å². The van der Waals surface area contributed by atoms with Crippen LogP contribution in [-0.2, 0) is 6.54 Å². The number of benzene rings is 2. The fraction of sp³-hybridized carbons (Fsp3) is 0.125. The lowest BCUT2D eigenvalue weighted by atomic mass is 10.3. The third-order valence-corrected chi connectivity index (χ3v) is 4.36. The number of hydrogen-bond donors (Lipinski definition) is 1. The minimum atomic E-state index is -1.62. The SMILES string of the molecule is CN(Cc1nc2ccccc2s1)C(=O)Nc1ccc(F)c(F)c1F. The molecule has 0 saturated heterocycles. The van der Waals surface area contributed by atoms with Crippen molar-refractivity contribution in [3.63, 3.8) is 0 Å². The van der Waals surface area contributed by atoms with Crippen molar-refractivity contribution in [3.05, 3.63) is 58.9 Å². The number of hydrogen-bond acceptors (Lipinski definition) is 3. The van der Waals surface area contributed by atoms with Gasteiger partial charge in [0.1, 0.15) is 5.01 Å². The number of amides is 2. The number of nitrogens with one attached hydrogen (secondary N) is 1. The summed E-state index contributed by atoms with van der Waals surface area (Å²) in [6.45, 7) is 0.205. The topological polar surface area (TPSA) is 45.2 Å². The van der Waals surface area contributed by atoms with E-state index in [1.165, 1.54) is 23.3 Å². The van der Waals surface area contributed by atoms with Crippen molar-refractivity contribution in [2.45, 2.75) is 6.54 Å². The van der Waals surface area contributed by atoms with E-state index in [1.54, 1.807) is 0 Å². The molecule has 3 aromatic rings. The second-order valence-corrected chi connectivity index (χ2v) is 6.20. The lowest BCUT2D eigenvalue weighted by Gasteiger charge is -2.17. The first-order chi connectivity index (χ1) is 11.5. The van der Waals surface area contributed by atoms with E-state index in [-0.39, 0.29) is 6.54 Å². The van der Waals surface area contributed by atoms with Gasteiger partial charge in [-0.05, 0) is 24.3 Å². The molecule has 0 unspecified atom stereocenters. The molecule has 0 fully saturated rings. The highest BCUT2D eigenvalue weighted by molar-refractivity contribution is 7.18. The maximum absolute atomic E-state index is 13.6. The summed E-state index contributed by atoms with van der Waals surface area (Å²) in [7, 11) is 1.50. The van der Waals surface area contributed by atoms with Gasteiger partial charge in [0, 0.05) is 7.05 Å². The van der Waals surface area contributed by atoms with E-state index in [1.807, 2.05) is 24.3 Å². The van der Waals surface area contributed by atoms with Gasteiger partial charge in [0.05, 0.1) is 22.4 Å². The highest BCUT2D eigenvalue weighted by Crippen LogP contribution is 2.23. The Balaban J connectivity index is 1.72. The summed E-state index contributed by atoms with van der Waals surface area (Å²) < 4.78 is 40.7. The second-order valence-electron chi connectivity index (χ2n) is 5.08. The molecule has 2 aromatic carbocycles. The van der Waals surface area contributed by atoms with Crippen LogP contribution in [0.1, 0.15) is 5.01 Å². The Bertz CT molecular complexity index is 880. The zero-order chi connectivity index (χ0) is 17.3. The summed E-state index contributed by atoms with van der Waals surface area (Å²) in [6, 6.07) is 8.62. The van der Waals surface area contributed by atoms with Crippen LogP contribution in [0.5, 0.6) is 0 Å². The Labute approximate surface area is 139 Å². The highest BCUT2D eigenvalue weighted by Gasteiger charge is 2.18. The maximum atomic E-state index is 13.6. The number of carbonyl (C=O) groups excluding carboxylic acids is 1. The van der Waals surface area contributed by atoms with Crippen LogP contribution in [0.15, 0.2) is 36.4 Å². The van der Waals surface area contributed by atoms with E-state index in [0.717, 1.165) is 22.3 Å². The molecule has 0 atom stereocenters. The Kier molecular flexibility index (Phi) is 4.39. The molecule has 0 aliphatic heterocycles. The molecular formula is C16H12F3N3OS. The standard InChI is InChI=1S/C16H12F3N3OS/c1-22(8-13-20-10-4-2-3-5-12(10)24-13)16(23)21-11-7-6-9(17)14(18)15(11)19/h2-7H,8H2,1H3,(H,21,23). The fourth-order valence-electron chi connectivity index (χ4n) is 2.10. The Morgan fingerprint density at radius 3 is 2.67 bits per heavy atom. The first-order valence-electron chi connectivity index (χ1n) is 6.96. The van der Waals surface area contributed by atoms with Crippen molar-refractivity contribution < 1.29 is 18.0 Å². The number of carbonyl (C=O) groups is 1. The maximum Gasteiger partial charge on any atom is 0.322 e. The van der Waals surface area contributed by atoms with Crippen LogP contribution in [0.4, 0.5) is 23.7 Å². The highest BCUT2D eigenvalue weighted by atomic mass is 32.1. The summed E-state index contributed by atoms with van der Waals surface area (Å²) >= 11 is 1.44. The van der Waals surface area contributed by atoms with Crippen molar-refractivity contribution in [2.24, 2.45) is 0 Å². The molecule has 0 saturated carbocycles. The number of nitrogens with zero attached hydrogens (tertiary/aromatic N) is 2. The van der Waals surface area contributed by atoms with Gasteiger partial charge < -0.3 is 10.2 Å². The number of rotatable bonds is 3. The average Bonchev–Trinajstić information content (AvgIpc) is 2.97. The minimum absolute atomic E-state index is 0.205. The van der Waals surface area contributed by atoms with E-state index in [4.69, 9.17) is 0 Å². The van der Waals surface area contributed by atoms with Gasteiger partial charge in [-0.1, -0.05) is 12.1 Å². The van der Waals surface area contributed by atoms with Gasteiger partial charge in [-0.15, -0.1) is 11.3 Å². The van der Waals surface area contributed by atoms with E-state index in [9.17, 15) is 18.0 Å². The summed E-state index contributed by atoms with van der Waals surface area (Å²) in [6.07, 6.45) is 0. The molecule has 1 aromatic heterocycles. The molecule has 0 radical (unpaired) electrons. The molecule has 2 amide bonds. The largest absolute Gasteiger partial charge is 0.322 e. The first kappa shape index (κ1) is 16.3. The Morgan fingerprint density at radius 2 is 1.92 bits per heavy atom.